The number of nitrogens with one attached hydrogen (secondary N) is 1. The van der Waals surface area contributed by atoms with E-state index < -0.39 is 10.0 Å². The number of rotatable bonds is 5. The molecule has 1 amide bonds. The largest absolute Gasteiger partial charge is 0.346 e. The lowest BCUT2D eigenvalue weighted by atomic mass is 10.2. The zero-order valence-corrected chi connectivity index (χ0v) is 14.2. The van der Waals surface area contributed by atoms with Crippen LogP contribution in [0.15, 0.2) is 34.5 Å². The number of aromatic nitrogens is 1. The number of benzene rings is 1. The average molecular weight is 339 g/mol. The van der Waals surface area contributed by atoms with Gasteiger partial charge < -0.3 is 5.32 Å². The molecule has 1 heterocycles. The molecule has 0 bridgehead atoms. The van der Waals surface area contributed by atoms with Crippen molar-refractivity contribution in [1.82, 2.24) is 14.6 Å². The lowest BCUT2D eigenvalue weighted by Gasteiger charge is -2.11. The number of thiazole rings is 1. The minimum Gasteiger partial charge on any atom is -0.346 e. The van der Waals surface area contributed by atoms with Gasteiger partial charge in [-0.15, -0.1) is 11.3 Å². The average Bonchev–Trinajstić information content (AvgIpc) is 2.90. The molecule has 0 aliphatic heterocycles. The van der Waals surface area contributed by atoms with Gasteiger partial charge in [-0.25, -0.2) is 17.7 Å². The van der Waals surface area contributed by atoms with E-state index >= 15 is 0 Å². The van der Waals surface area contributed by atoms with Crippen molar-refractivity contribution in [3.63, 3.8) is 0 Å². The molecule has 0 unspecified atom stereocenters. The molecule has 6 nitrogen and oxygen atoms in total. The number of amides is 1. The van der Waals surface area contributed by atoms with Crippen LogP contribution in [0.3, 0.4) is 0 Å². The topological polar surface area (TPSA) is 79.4 Å². The Balaban J connectivity index is 2.05. The van der Waals surface area contributed by atoms with Crippen LogP contribution in [0.4, 0.5) is 0 Å². The molecule has 1 aromatic heterocycles. The second-order valence-electron chi connectivity index (χ2n) is 4.88. The van der Waals surface area contributed by atoms with Crippen molar-refractivity contribution >= 4 is 27.3 Å². The Kier molecular flexibility index (Phi) is 4.94. The molecule has 0 saturated heterocycles. The zero-order chi connectivity index (χ0) is 16.3. The Labute approximate surface area is 133 Å². The summed E-state index contributed by atoms with van der Waals surface area (Å²) in [6, 6.07) is 5.85. The predicted octanol–water partition coefficient (Wildman–Crippen LogP) is 1.63. The van der Waals surface area contributed by atoms with Gasteiger partial charge in [0.2, 0.25) is 10.0 Å². The fraction of sp³-hybridized carbons (Fsp3) is 0.286. The van der Waals surface area contributed by atoms with E-state index in [-0.39, 0.29) is 10.8 Å². The van der Waals surface area contributed by atoms with E-state index in [2.05, 4.69) is 10.3 Å². The van der Waals surface area contributed by atoms with Gasteiger partial charge in [-0.2, -0.15) is 0 Å². The van der Waals surface area contributed by atoms with Gasteiger partial charge >= 0.3 is 0 Å². The molecule has 0 aliphatic carbocycles. The summed E-state index contributed by atoms with van der Waals surface area (Å²) in [6.45, 7) is 2.25. The van der Waals surface area contributed by atoms with Gasteiger partial charge in [0.25, 0.3) is 5.91 Å². The fourth-order valence-corrected chi connectivity index (χ4v) is 3.34. The Morgan fingerprint density at radius 1 is 1.27 bits per heavy atom. The normalized spacial score (nSPS) is 11.6. The highest BCUT2D eigenvalue weighted by atomic mass is 32.2. The number of nitrogens with zero attached hydrogens (tertiary/aromatic N) is 2. The minimum atomic E-state index is -3.48. The summed E-state index contributed by atoms with van der Waals surface area (Å²) in [6.07, 6.45) is 0. The third kappa shape index (κ3) is 3.70. The number of carbonyl (C=O) groups is 1. The highest BCUT2D eigenvalue weighted by molar-refractivity contribution is 7.89. The Hall–Kier alpha value is -1.77. The molecular formula is C14H17N3O3S2. The van der Waals surface area contributed by atoms with Gasteiger partial charge in [-0.3, -0.25) is 4.79 Å². The lowest BCUT2D eigenvalue weighted by molar-refractivity contribution is 0.0950. The van der Waals surface area contributed by atoms with Crippen LogP contribution in [0.2, 0.25) is 0 Å². The van der Waals surface area contributed by atoms with Gasteiger partial charge in [0.05, 0.1) is 11.4 Å². The van der Waals surface area contributed by atoms with E-state index in [0.29, 0.717) is 12.1 Å². The molecule has 1 N–H and O–H groups in total. The zero-order valence-electron chi connectivity index (χ0n) is 12.5. The number of hydrogen-bond donors (Lipinski definition) is 1. The number of carbonyl (C=O) groups excluding carboxylic acids is 1. The summed E-state index contributed by atoms with van der Waals surface area (Å²) >= 11 is 1.49. The standard InChI is InChI=1S/C14H17N3O3S2/c1-10-9-21-13(16-10)8-15-14(18)11-4-6-12(7-5-11)22(19,20)17(2)3/h4-7,9H,8H2,1-3H3,(H,15,18). The van der Waals surface area contributed by atoms with E-state index in [1.165, 1.54) is 49.7 Å². The maximum Gasteiger partial charge on any atom is 0.251 e. The first-order valence-electron chi connectivity index (χ1n) is 6.52. The van der Waals surface area contributed by atoms with Crippen LogP contribution >= 0.6 is 11.3 Å². The second-order valence-corrected chi connectivity index (χ2v) is 7.97. The van der Waals surface area contributed by atoms with Crippen LogP contribution in [0, 0.1) is 6.92 Å². The van der Waals surface area contributed by atoms with Gasteiger partial charge in [-0.1, -0.05) is 0 Å². The van der Waals surface area contributed by atoms with Crippen molar-refractivity contribution in [2.75, 3.05) is 14.1 Å². The summed E-state index contributed by atoms with van der Waals surface area (Å²) in [7, 11) is -0.550. The van der Waals surface area contributed by atoms with E-state index in [0.717, 1.165) is 15.0 Å². The molecule has 22 heavy (non-hydrogen) atoms. The monoisotopic (exact) mass is 339 g/mol. The van der Waals surface area contributed by atoms with E-state index in [9.17, 15) is 13.2 Å². The van der Waals surface area contributed by atoms with E-state index in [1.54, 1.807) is 0 Å². The van der Waals surface area contributed by atoms with E-state index in [1.807, 2.05) is 12.3 Å². The Morgan fingerprint density at radius 3 is 2.41 bits per heavy atom. The number of sulfonamides is 1. The van der Waals surface area contributed by atoms with Crippen LogP contribution in [0.5, 0.6) is 0 Å². The predicted molar refractivity (Wildman–Crippen MR) is 85.3 cm³/mol. The minimum absolute atomic E-state index is 0.157. The van der Waals surface area contributed by atoms with Crippen molar-refractivity contribution in [3.05, 3.63) is 45.9 Å². The van der Waals surface area contributed by atoms with Crippen molar-refractivity contribution in [1.29, 1.82) is 0 Å². The summed E-state index contributed by atoms with van der Waals surface area (Å²) in [5, 5.41) is 5.51. The van der Waals surface area contributed by atoms with Crippen LogP contribution < -0.4 is 5.32 Å². The fourth-order valence-electron chi connectivity index (χ4n) is 1.73. The van der Waals surface area contributed by atoms with Gasteiger partial charge in [0.15, 0.2) is 0 Å². The van der Waals surface area contributed by atoms with Crippen molar-refractivity contribution in [2.45, 2.75) is 18.4 Å². The molecule has 8 heteroatoms. The number of aryl methyl sites for hydroxylation is 1. The quantitative estimate of drug-likeness (QED) is 0.898. The SMILES string of the molecule is Cc1csc(CNC(=O)c2ccc(S(=O)(=O)N(C)C)cc2)n1. The first-order valence-corrected chi connectivity index (χ1v) is 8.84. The van der Waals surface area contributed by atoms with Crippen LogP contribution in [-0.4, -0.2) is 37.7 Å². The molecule has 0 radical (unpaired) electrons. The Bertz CT molecular complexity index is 765. The van der Waals surface area contributed by atoms with E-state index in [4.69, 9.17) is 0 Å². The molecule has 2 aromatic rings. The van der Waals surface area contributed by atoms with Gasteiger partial charge in [0.1, 0.15) is 5.01 Å². The molecule has 1 aromatic carbocycles. The van der Waals surface area contributed by atoms with Crippen LogP contribution in [0.1, 0.15) is 21.1 Å². The molecule has 0 aliphatic rings. The molecule has 0 saturated carbocycles. The molecule has 118 valence electrons. The van der Waals surface area contributed by atoms with Crippen LogP contribution in [-0.2, 0) is 16.6 Å². The second kappa shape index (κ2) is 6.55. The lowest BCUT2D eigenvalue weighted by Crippen LogP contribution is -2.24. The molecule has 0 spiro atoms. The van der Waals surface area contributed by atoms with Crippen LogP contribution in [0.25, 0.3) is 0 Å². The molecule has 0 fully saturated rings. The summed E-state index contributed by atoms with van der Waals surface area (Å²) in [5.74, 6) is -0.262. The smallest absolute Gasteiger partial charge is 0.251 e. The maximum atomic E-state index is 12.0. The first kappa shape index (κ1) is 16.6. The molecule has 2 rings (SSSR count). The third-order valence-electron chi connectivity index (χ3n) is 2.96. The van der Waals surface area contributed by atoms with Crippen molar-refractivity contribution < 1.29 is 13.2 Å². The highest BCUT2D eigenvalue weighted by Crippen LogP contribution is 2.14. The van der Waals surface area contributed by atoms with Gasteiger partial charge in [0, 0.05) is 30.7 Å². The number of hydrogen-bond acceptors (Lipinski definition) is 5. The highest BCUT2D eigenvalue weighted by Gasteiger charge is 2.17. The van der Waals surface area contributed by atoms with Crippen molar-refractivity contribution in [3.8, 4) is 0 Å². The Morgan fingerprint density at radius 2 is 1.91 bits per heavy atom. The molecular weight excluding hydrogens is 322 g/mol. The third-order valence-corrected chi connectivity index (χ3v) is 5.76. The summed E-state index contributed by atoms with van der Waals surface area (Å²) in [4.78, 5) is 16.4. The summed E-state index contributed by atoms with van der Waals surface area (Å²) in [5.41, 5.74) is 1.33. The first-order chi connectivity index (χ1) is 10.3. The maximum absolute atomic E-state index is 12.0. The van der Waals surface area contributed by atoms with Gasteiger partial charge in [-0.05, 0) is 31.2 Å². The summed E-state index contributed by atoms with van der Waals surface area (Å²) < 4.78 is 25.0. The van der Waals surface area contributed by atoms with Crippen molar-refractivity contribution in [2.24, 2.45) is 0 Å². The molecule has 0 atom stereocenters.